The number of methoxy groups -OCH3 is 1. The van der Waals surface area contributed by atoms with Crippen molar-refractivity contribution in [3.05, 3.63) is 46.4 Å². The van der Waals surface area contributed by atoms with E-state index in [1.807, 2.05) is 18.2 Å². The highest BCUT2D eigenvalue weighted by molar-refractivity contribution is 6.28. The third kappa shape index (κ3) is 3.90. The van der Waals surface area contributed by atoms with Gasteiger partial charge in [0.15, 0.2) is 0 Å². The zero-order valence-electron chi connectivity index (χ0n) is 14.9. The average Bonchev–Trinajstić information content (AvgIpc) is 2.63. The van der Waals surface area contributed by atoms with E-state index < -0.39 is 5.97 Å². The molecule has 0 saturated carbocycles. The van der Waals surface area contributed by atoms with Crippen molar-refractivity contribution in [1.82, 2.24) is 9.97 Å². The van der Waals surface area contributed by atoms with Crippen molar-refractivity contribution in [3.63, 3.8) is 0 Å². The lowest BCUT2D eigenvalue weighted by molar-refractivity contribution is -0.136. The second-order valence-corrected chi connectivity index (χ2v) is 6.79. The molecule has 26 heavy (non-hydrogen) atoms. The Morgan fingerprint density at radius 3 is 2.65 bits per heavy atom. The number of hydrogen-bond donors (Lipinski definition) is 1. The number of hydrogen-bond acceptors (Lipinski definition) is 5. The van der Waals surface area contributed by atoms with Gasteiger partial charge in [0.1, 0.15) is 11.6 Å². The van der Waals surface area contributed by atoms with Crippen LogP contribution >= 0.6 is 11.6 Å². The molecule has 3 rings (SSSR count). The number of aliphatic carboxylic acids is 1. The Balaban J connectivity index is 1.81. The summed E-state index contributed by atoms with van der Waals surface area (Å²) in [7, 11) is 1.69. The van der Waals surface area contributed by atoms with Crippen molar-refractivity contribution < 1.29 is 14.6 Å². The standard InChI is InChI=1S/C19H22ClN3O3/c1-12-15(11-17(24)25)18(22-19(20)21-12)23-9-7-13(8-10-23)14-5-3-4-6-16(14)26-2/h3-6,13H,7-11H2,1-2H3,(H,24,25). The number of carboxylic acids is 1. The summed E-state index contributed by atoms with van der Waals surface area (Å²) in [6, 6.07) is 8.10. The molecule has 1 aromatic carbocycles. The van der Waals surface area contributed by atoms with E-state index in [0.29, 0.717) is 23.0 Å². The second kappa shape index (κ2) is 7.91. The van der Waals surface area contributed by atoms with Gasteiger partial charge in [0.2, 0.25) is 5.28 Å². The molecule has 0 unspecified atom stereocenters. The molecule has 6 nitrogen and oxygen atoms in total. The van der Waals surface area contributed by atoms with Gasteiger partial charge in [0.05, 0.1) is 13.5 Å². The molecule has 138 valence electrons. The van der Waals surface area contributed by atoms with E-state index in [-0.39, 0.29) is 11.7 Å². The lowest BCUT2D eigenvalue weighted by Gasteiger charge is -2.34. The third-order valence-electron chi connectivity index (χ3n) is 4.87. The summed E-state index contributed by atoms with van der Waals surface area (Å²) < 4.78 is 5.49. The Morgan fingerprint density at radius 1 is 1.31 bits per heavy atom. The summed E-state index contributed by atoms with van der Waals surface area (Å²) in [5, 5.41) is 9.36. The number of piperidine rings is 1. The van der Waals surface area contributed by atoms with Crippen molar-refractivity contribution in [2.45, 2.75) is 32.1 Å². The van der Waals surface area contributed by atoms with Crippen LogP contribution in [0.5, 0.6) is 5.75 Å². The summed E-state index contributed by atoms with van der Waals surface area (Å²) >= 11 is 6.03. The van der Waals surface area contributed by atoms with Gasteiger partial charge in [-0.25, -0.2) is 9.97 Å². The number of carboxylic acid groups (broad SMARTS) is 1. The molecule has 0 spiro atoms. The molecule has 1 saturated heterocycles. The van der Waals surface area contributed by atoms with Crippen LogP contribution in [-0.4, -0.2) is 41.2 Å². The minimum atomic E-state index is -0.899. The quantitative estimate of drug-likeness (QED) is 0.806. The van der Waals surface area contributed by atoms with Crippen molar-refractivity contribution in [2.75, 3.05) is 25.1 Å². The number of rotatable bonds is 5. The first-order valence-corrected chi connectivity index (χ1v) is 9.00. The number of aromatic nitrogens is 2. The molecule has 1 aliphatic rings. The van der Waals surface area contributed by atoms with Gasteiger partial charge in [-0.3, -0.25) is 4.79 Å². The van der Waals surface area contributed by atoms with Crippen LogP contribution in [0.25, 0.3) is 0 Å². The fourth-order valence-corrected chi connectivity index (χ4v) is 3.78. The molecule has 0 aliphatic carbocycles. The molecule has 0 amide bonds. The number of nitrogens with zero attached hydrogens (tertiary/aromatic N) is 3. The van der Waals surface area contributed by atoms with Gasteiger partial charge in [-0.1, -0.05) is 18.2 Å². The van der Waals surface area contributed by atoms with Gasteiger partial charge in [-0.2, -0.15) is 0 Å². The van der Waals surface area contributed by atoms with Crippen molar-refractivity contribution >= 4 is 23.4 Å². The number of halogens is 1. The number of carbonyl (C=O) groups is 1. The number of benzene rings is 1. The first kappa shape index (κ1) is 18.5. The molecule has 7 heteroatoms. The van der Waals surface area contributed by atoms with Crippen LogP contribution in [0.4, 0.5) is 5.82 Å². The first-order chi connectivity index (χ1) is 12.5. The van der Waals surface area contributed by atoms with Gasteiger partial charge in [0.25, 0.3) is 0 Å². The number of aryl methyl sites for hydroxylation is 1. The lowest BCUT2D eigenvalue weighted by Crippen LogP contribution is -2.35. The smallest absolute Gasteiger partial charge is 0.308 e. The SMILES string of the molecule is COc1ccccc1C1CCN(c2nc(Cl)nc(C)c2CC(=O)O)CC1. The fraction of sp³-hybridized carbons (Fsp3) is 0.421. The molecule has 1 N–H and O–H groups in total. The highest BCUT2D eigenvalue weighted by Crippen LogP contribution is 2.36. The van der Waals surface area contributed by atoms with Crippen LogP contribution in [0, 0.1) is 6.92 Å². The van der Waals surface area contributed by atoms with Gasteiger partial charge in [0, 0.05) is 24.3 Å². The largest absolute Gasteiger partial charge is 0.496 e. The number of anilines is 1. The van der Waals surface area contributed by atoms with E-state index in [2.05, 4.69) is 20.9 Å². The van der Waals surface area contributed by atoms with Gasteiger partial charge < -0.3 is 14.7 Å². The van der Waals surface area contributed by atoms with Crippen molar-refractivity contribution in [3.8, 4) is 5.75 Å². The minimum Gasteiger partial charge on any atom is -0.496 e. The predicted molar refractivity (Wildman–Crippen MR) is 100 cm³/mol. The Labute approximate surface area is 157 Å². The van der Waals surface area contributed by atoms with Crippen LogP contribution in [0.3, 0.4) is 0 Å². The Hall–Kier alpha value is -2.34. The van der Waals surface area contributed by atoms with E-state index in [1.165, 1.54) is 5.56 Å². The predicted octanol–water partition coefficient (Wildman–Crippen LogP) is 3.46. The molecular weight excluding hydrogens is 354 g/mol. The fourth-order valence-electron chi connectivity index (χ4n) is 3.57. The van der Waals surface area contributed by atoms with E-state index in [9.17, 15) is 9.90 Å². The number of para-hydroxylation sites is 1. The maximum atomic E-state index is 11.2. The number of ether oxygens (including phenoxy) is 1. The van der Waals surface area contributed by atoms with Crippen LogP contribution in [0.1, 0.15) is 35.6 Å². The van der Waals surface area contributed by atoms with Gasteiger partial charge >= 0.3 is 5.97 Å². The molecule has 2 aromatic rings. The van der Waals surface area contributed by atoms with E-state index in [1.54, 1.807) is 14.0 Å². The molecule has 0 bridgehead atoms. The second-order valence-electron chi connectivity index (χ2n) is 6.45. The molecule has 1 aromatic heterocycles. The summed E-state index contributed by atoms with van der Waals surface area (Å²) in [5.74, 6) is 1.06. The molecule has 0 radical (unpaired) electrons. The van der Waals surface area contributed by atoms with Gasteiger partial charge in [-0.05, 0) is 48.9 Å². The zero-order chi connectivity index (χ0) is 18.7. The summed E-state index contributed by atoms with van der Waals surface area (Å²) in [6.45, 7) is 3.33. The molecule has 0 atom stereocenters. The van der Waals surface area contributed by atoms with Crippen LogP contribution in [0.15, 0.2) is 24.3 Å². The Bertz CT molecular complexity index is 805. The van der Waals surface area contributed by atoms with Crippen LogP contribution < -0.4 is 9.64 Å². The average molecular weight is 376 g/mol. The summed E-state index contributed by atoms with van der Waals surface area (Å²) in [4.78, 5) is 21.8. The summed E-state index contributed by atoms with van der Waals surface area (Å²) in [5.41, 5.74) is 2.48. The molecule has 1 aliphatic heterocycles. The zero-order valence-corrected chi connectivity index (χ0v) is 15.7. The minimum absolute atomic E-state index is 0.106. The highest BCUT2D eigenvalue weighted by Gasteiger charge is 2.26. The molecule has 1 fully saturated rings. The monoisotopic (exact) mass is 375 g/mol. The topological polar surface area (TPSA) is 75.5 Å². The van der Waals surface area contributed by atoms with Crippen LogP contribution in [-0.2, 0) is 11.2 Å². The maximum absolute atomic E-state index is 11.2. The summed E-state index contributed by atoms with van der Waals surface area (Å²) in [6.07, 6.45) is 1.77. The van der Waals surface area contributed by atoms with Gasteiger partial charge in [-0.15, -0.1) is 0 Å². The van der Waals surface area contributed by atoms with Crippen molar-refractivity contribution in [1.29, 1.82) is 0 Å². The first-order valence-electron chi connectivity index (χ1n) is 8.62. The third-order valence-corrected chi connectivity index (χ3v) is 5.04. The van der Waals surface area contributed by atoms with E-state index in [0.717, 1.165) is 31.7 Å². The molecular formula is C19H22ClN3O3. The Morgan fingerprint density at radius 2 is 2.00 bits per heavy atom. The van der Waals surface area contributed by atoms with Crippen LogP contribution in [0.2, 0.25) is 5.28 Å². The maximum Gasteiger partial charge on any atom is 0.308 e. The Kier molecular flexibility index (Phi) is 5.61. The highest BCUT2D eigenvalue weighted by atomic mass is 35.5. The lowest BCUT2D eigenvalue weighted by atomic mass is 9.88. The molecule has 2 heterocycles. The van der Waals surface area contributed by atoms with E-state index in [4.69, 9.17) is 16.3 Å². The van der Waals surface area contributed by atoms with Crippen molar-refractivity contribution in [2.24, 2.45) is 0 Å². The normalized spacial score (nSPS) is 15.1. The van der Waals surface area contributed by atoms with E-state index >= 15 is 0 Å².